The van der Waals surface area contributed by atoms with Crippen molar-refractivity contribution in [1.82, 2.24) is 19.9 Å². The molecule has 7 nitrogen and oxygen atoms in total. The molecule has 2 fully saturated rings. The Labute approximate surface area is 174 Å². The minimum Gasteiger partial charge on any atom is -0.395 e. The van der Waals surface area contributed by atoms with Crippen LogP contribution in [0.4, 0.5) is 15.8 Å². The number of benzene rings is 1. The summed E-state index contributed by atoms with van der Waals surface area (Å²) >= 11 is 0. The Morgan fingerprint density at radius 1 is 1.20 bits per heavy atom. The molecule has 1 saturated heterocycles. The van der Waals surface area contributed by atoms with Crippen molar-refractivity contribution in [3.8, 4) is 11.3 Å². The Balaban J connectivity index is 1.42. The topological polar surface area (TPSA) is 93.0 Å². The number of nitrogens with one attached hydrogen (secondary N) is 1. The number of nitrogens with two attached hydrogens (primary N) is 1. The van der Waals surface area contributed by atoms with Crippen molar-refractivity contribution in [2.24, 2.45) is 15.6 Å². The molecule has 2 aliphatic rings. The minimum atomic E-state index is -0.508. The van der Waals surface area contributed by atoms with Crippen molar-refractivity contribution in [2.75, 3.05) is 18.8 Å². The maximum absolute atomic E-state index is 14.6. The van der Waals surface area contributed by atoms with Crippen molar-refractivity contribution in [3.63, 3.8) is 0 Å². The zero-order valence-electron chi connectivity index (χ0n) is 17.3. The van der Waals surface area contributed by atoms with E-state index in [9.17, 15) is 4.39 Å². The molecule has 30 heavy (non-hydrogen) atoms. The summed E-state index contributed by atoms with van der Waals surface area (Å²) < 4.78 is 16.3. The number of aromatic nitrogens is 3. The van der Waals surface area contributed by atoms with Crippen LogP contribution in [0.25, 0.3) is 16.9 Å². The second-order valence-electron chi connectivity index (χ2n) is 8.78. The average molecular weight is 407 g/mol. The van der Waals surface area contributed by atoms with E-state index in [2.05, 4.69) is 25.6 Å². The molecule has 0 amide bonds. The second kappa shape index (κ2) is 7.12. The summed E-state index contributed by atoms with van der Waals surface area (Å²) in [7, 11) is 0. The highest BCUT2D eigenvalue weighted by molar-refractivity contribution is 5.73. The van der Waals surface area contributed by atoms with E-state index in [0.29, 0.717) is 22.4 Å². The molecule has 5 rings (SSSR count). The molecule has 2 aromatic heterocycles. The Morgan fingerprint density at radius 2 is 1.97 bits per heavy atom. The first-order valence-corrected chi connectivity index (χ1v) is 10.5. The zero-order chi connectivity index (χ0) is 20.9. The van der Waals surface area contributed by atoms with Gasteiger partial charge in [0.2, 0.25) is 0 Å². The number of azo groups is 1. The fourth-order valence-electron chi connectivity index (χ4n) is 4.75. The molecule has 3 heterocycles. The molecule has 1 aliphatic carbocycles. The number of piperidine rings is 1. The molecular formula is C22H26FN7. The van der Waals surface area contributed by atoms with Gasteiger partial charge in [0, 0.05) is 5.56 Å². The molecular weight excluding hydrogens is 381 g/mol. The van der Waals surface area contributed by atoms with Crippen molar-refractivity contribution in [1.29, 1.82) is 0 Å². The lowest BCUT2D eigenvalue weighted by Gasteiger charge is -2.48. The van der Waals surface area contributed by atoms with Gasteiger partial charge in [0.15, 0.2) is 5.65 Å². The van der Waals surface area contributed by atoms with Gasteiger partial charge in [-0.15, -0.1) is 0 Å². The first-order valence-electron chi connectivity index (χ1n) is 10.5. The third-order valence-corrected chi connectivity index (χ3v) is 6.46. The summed E-state index contributed by atoms with van der Waals surface area (Å²) in [6.45, 7) is 6.05. The second-order valence-corrected chi connectivity index (χ2v) is 8.78. The fraction of sp³-hybridized carbons (Fsp3) is 0.455. The van der Waals surface area contributed by atoms with Crippen LogP contribution in [0.15, 0.2) is 34.6 Å². The molecule has 1 spiro atoms. The van der Waals surface area contributed by atoms with Gasteiger partial charge in [0.1, 0.15) is 11.5 Å². The zero-order valence-corrected chi connectivity index (χ0v) is 17.3. The number of fused-ring (bicyclic) bond motifs is 1. The number of hydrogen-bond donors (Lipinski definition) is 2. The van der Waals surface area contributed by atoms with Crippen molar-refractivity contribution < 1.29 is 4.39 Å². The maximum Gasteiger partial charge on any atom is 0.156 e. The number of nitrogens with zero attached hydrogens (tertiary/aromatic N) is 5. The smallest absolute Gasteiger partial charge is 0.156 e. The predicted molar refractivity (Wildman–Crippen MR) is 114 cm³/mol. The fourth-order valence-corrected chi connectivity index (χ4v) is 4.75. The Hall–Kier alpha value is -2.87. The first-order chi connectivity index (χ1) is 14.4. The van der Waals surface area contributed by atoms with E-state index in [4.69, 9.17) is 5.73 Å². The molecule has 3 aromatic rings. The highest BCUT2D eigenvalue weighted by Gasteiger charge is 2.44. The lowest BCUT2D eigenvalue weighted by atomic mass is 9.61. The number of nitrogen functional groups attached to an aromatic ring is 1. The largest absolute Gasteiger partial charge is 0.395 e. The van der Waals surface area contributed by atoms with Crippen LogP contribution >= 0.6 is 0 Å². The summed E-state index contributed by atoms with van der Waals surface area (Å²) in [5.41, 5.74) is 10.7. The average Bonchev–Trinajstić information content (AvgIpc) is 3.09. The van der Waals surface area contributed by atoms with Crippen LogP contribution in [-0.4, -0.2) is 33.7 Å². The normalized spacial score (nSPS) is 19.0. The third-order valence-electron chi connectivity index (χ3n) is 6.46. The van der Waals surface area contributed by atoms with Gasteiger partial charge in [-0.3, -0.25) is 0 Å². The van der Waals surface area contributed by atoms with Crippen LogP contribution in [0.2, 0.25) is 0 Å². The molecule has 1 saturated carbocycles. The van der Waals surface area contributed by atoms with Crippen LogP contribution in [0.5, 0.6) is 0 Å². The number of anilines is 1. The van der Waals surface area contributed by atoms with E-state index in [0.717, 1.165) is 42.8 Å². The molecule has 1 aliphatic heterocycles. The number of halogens is 1. The maximum atomic E-state index is 14.6. The molecule has 0 bridgehead atoms. The van der Waals surface area contributed by atoms with Gasteiger partial charge in [0.25, 0.3) is 0 Å². The SMILES string of the molecule is Cc1cn2nc(-c3cc(F)c(N)c(N=NC4CC5(CCNCC5)C4)c3)cc(C)c2n1. The van der Waals surface area contributed by atoms with Gasteiger partial charge in [0.05, 0.1) is 29.3 Å². The standard InChI is InChI=1S/C22H26FN7/c1-13-7-18(29-30-12-14(2)26-21(13)30)15-8-17(23)20(24)19(9-15)28-27-16-10-22(11-16)3-5-25-6-4-22/h7-9,12,16,25H,3-6,10-11,24H2,1-2H3. The monoisotopic (exact) mass is 407 g/mol. The van der Waals surface area contributed by atoms with Crippen LogP contribution in [0.1, 0.15) is 36.9 Å². The number of imidazole rings is 1. The molecule has 1 aromatic carbocycles. The van der Waals surface area contributed by atoms with E-state index in [1.807, 2.05) is 26.1 Å². The van der Waals surface area contributed by atoms with Crippen LogP contribution in [-0.2, 0) is 0 Å². The summed E-state index contributed by atoms with van der Waals surface area (Å²) in [5, 5.41) is 16.8. The first kappa shape index (κ1) is 19.1. The minimum absolute atomic E-state index is 0.0229. The lowest BCUT2D eigenvalue weighted by molar-refractivity contribution is 0.0617. The van der Waals surface area contributed by atoms with E-state index in [1.165, 1.54) is 18.9 Å². The summed E-state index contributed by atoms with van der Waals surface area (Å²) in [6.07, 6.45) is 6.36. The number of rotatable bonds is 3. The Bertz CT molecular complexity index is 1140. The van der Waals surface area contributed by atoms with Crippen molar-refractivity contribution in [2.45, 2.75) is 45.6 Å². The summed E-state index contributed by atoms with van der Waals surface area (Å²) in [5.74, 6) is -0.508. The van der Waals surface area contributed by atoms with Gasteiger partial charge >= 0.3 is 0 Å². The van der Waals surface area contributed by atoms with E-state index < -0.39 is 5.82 Å². The molecule has 0 radical (unpaired) electrons. The van der Waals surface area contributed by atoms with E-state index in [-0.39, 0.29) is 11.7 Å². The highest BCUT2D eigenvalue weighted by atomic mass is 19.1. The van der Waals surface area contributed by atoms with Gasteiger partial charge < -0.3 is 11.1 Å². The molecule has 3 N–H and O–H groups in total. The van der Waals surface area contributed by atoms with Crippen LogP contribution < -0.4 is 11.1 Å². The van der Waals surface area contributed by atoms with Crippen LogP contribution in [0, 0.1) is 25.1 Å². The summed E-state index contributed by atoms with van der Waals surface area (Å²) in [6, 6.07) is 5.26. The Kier molecular flexibility index (Phi) is 4.54. The molecule has 156 valence electrons. The predicted octanol–water partition coefficient (Wildman–Crippen LogP) is 4.35. The van der Waals surface area contributed by atoms with Gasteiger partial charge in [-0.25, -0.2) is 13.9 Å². The molecule has 0 unspecified atom stereocenters. The number of hydrogen-bond acceptors (Lipinski definition) is 6. The third kappa shape index (κ3) is 3.35. The van der Waals surface area contributed by atoms with E-state index >= 15 is 0 Å². The quantitative estimate of drug-likeness (QED) is 0.499. The number of aryl methyl sites for hydroxylation is 2. The van der Waals surface area contributed by atoms with Crippen molar-refractivity contribution in [3.05, 3.63) is 41.5 Å². The lowest BCUT2D eigenvalue weighted by Crippen LogP contribution is -2.47. The summed E-state index contributed by atoms with van der Waals surface area (Å²) in [4.78, 5) is 4.47. The highest BCUT2D eigenvalue weighted by Crippen LogP contribution is 2.49. The molecule has 8 heteroatoms. The van der Waals surface area contributed by atoms with Crippen LogP contribution in [0.3, 0.4) is 0 Å². The van der Waals surface area contributed by atoms with Gasteiger partial charge in [-0.1, -0.05) is 0 Å². The Morgan fingerprint density at radius 3 is 2.73 bits per heavy atom. The van der Waals surface area contributed by atoms with Gasteiger partial charge in [-0.05, 0) is 81.8 Å². The van der Waals surface area contributed by atoms with E-state index in [1.54, 1.807) is 10.6 Å². The van der Waals surface area contributed by atoms with Crippen molar-refractivity contribution >= 4 is 17.0 Å². The molecule has 0 atom stereocenters. The van der Waals surface area contributed by atoms with Gasteiger partial charge in [-0.2, -0.15) is 15.3 Å².